The van der Waals surface area contributed by atoms with Gasteiger partial charge in [0.15, 0.2) is 0 Å². The number of carbonyl (C=O) groups excluding carboxylic acids is 1. The maximum absolute atomic E-state index is 12.7. The van der Waals surface area contributed by atoms with Crippen molar-refractivity contribution in [3.05, 3.63) is 35.4 Å². The molecule has 6 nitrogen and oxygen atoms in total. The third-order valence-corrected chi connectivity index (χ3v) is 4.95. The van der Waals surface area contributed by atoms with Gasteiger partial charge in [0.2, 0.25) is 10.0 Å². The number of rotatable bonds is 9. The van der Waals surface area contributed by atoms with E-state index in [1.807, 2.05) is 0 Å². The second-order valence-electron chi connectivity index (χ2n) is 5.09. The summed E-state index contributed by atoms with van der Waals surface area (Å²) in [6, 6.07) is 4.05. The smallest absolute Gasteiger partial charge is 0.416 e. The first-order valence-electron chi connectivity index (χ1n) is 7.38. The van der Waals surface area contributed by atoms with E-state index in [0.717, 1.165) is 22.5 Å². The molecule has 0 amide bonds. The highest BCUT2D eigenvalue weighted by molar-refractivity contribution is 7.88. The topological polar surface area (TPSA) is 72.9 Å². The Bertz CT molecular complexity index is 676. The predicted octanol–water partition coefficient (Wildman–Crippen LogP) is 2.05. The van der Waals surface area contributed by atoms with Gasteiger partial charge in [-0.2, -0.15) is 17.5 Å². The molecule has 0 aliphatic rings. The Labute approximate surface area is 144 Å². The molecule has 0 bridgehead atoms. The Morgan fingerprint density at radius 3 is 2.52 bits per heavy atom. The van der Waals surface area contributed by atoms with E-state index in [2.05, 4.69) is 0 Å². The van der Waals surface area contributed by atoms with Crippen LogP contribution in [0.15, 0.2) is 24.3 Å². The molecule has 0 aromatic heterocycles. The van der Waals surface area contributed by atoms with Crippen LogP contribution in [-0.2, 0) is 36.2 Å². The van der Waals surface area contributed by atoms with Crippen LogP contribution in [0.1, 0.15) is 18.1 Å². The third kappa shape index (κ3) is 7.00. The van der Waals surface area contributed by atoms with Gasteiger partial charge in [0.05, 0.1) is 24.5 Å². The molecule has 0 saturated heterocycles. The molecule has 1 aromatic carbocycles. The molecule has 142 valence electrons. The summed E-state index contributed by atoms with van der Waals surface area (Å²) in [5.74, 6) is -1.41. The van der Waals surface area contributed by atoms with E-state index in [4.69, 9.17) is 9.47 Å². The van der Waals surface area contributed by atoms with Crippen LogP contribution in [0.25, 0.3) is 0 Å². The number of hydrogen-bond acceptors (Lipinski definition) is 5. The van der Waals surface area contributed by atoms with Crippen molar-refractivity contribution in [2.24, 2.45) is 0 Å². The minimum atomic E-state index is -4.57. The first kappa shape index (κ1) is 21.4. The molecule has 0 saturated carbocycles. The average molecular weight is 383 g/mol. The van der Waals surface area contributed by atoms with Crippen LogP contribution in [-0.4, -0.2) is 52.1 Å². The number of nitrogens with zero attached hydrogens (tertiary/aromatic N) is 1. The number of hydrogen-bond donors (Lipinski definition) is 0. The predicted molar refractivity (Wildman–Crippen MR) is 84.1 cm³/mol. The molecule has 10 heteroatoms. The van der Waals surface area contributed by atoms with E-state index in [1.165, 1.54) is 13.2 Å². The average Bonchev–Trinajstić information content (AvgIpc) is 2.50. The quantitative estimate of drug-likeness (QED) is 0.611. The van der Waals surface area contributed by atoms with Gasteiger partial charge in [0.1, 0.15) is 6.54 Å². The number of sulfonamides is 1. The standard InChI is InChI=1S/C15H20F3NO5S/c1-3-24-14(20)10-19(7-8-23-2)25(21,22)11-12-5-4-6-13(9-12)15(16,17)18/h4-6,9H,3,7-8,10-11H2,1-2H3. The molecule has 0 aliphatic carbocycles. The first-order chi connectivity index (χ1) is 11.6. The summed E-state index contributed by atoms with van der Waals surface area (Å²) in [6.45, 7) is 1.05. The third-order valence-electron chi connectivity index (χ3n) is 3.15. The Balaban J connectivity index is 2.99. The van der Waals surface area contributed by atoms with Crippen molar-refractivity contribution in [2.45, 2.75) is 18.9 Å². The molecule has 0 spiro atoms. The van der Waals surface area contributed by atoms with Crippen LogP contribution >= 0.6 is 0 Å². The van der Waals surface area contributed by atoms with E-state index < -0.39 is 40.0 Å². The van der Waals surface area contributed by atoms with Crippen molar-refractivity contribution >= 4 is 16.0 Å². The van der Waals surface area contributed by atoms with Gasteiger partial charge in [0.25, 0.3) is 0 Å². The molecule has 1 rings (SSSR count). The zero-order chi connectivity index (χ0) is 19.1. The van der Waals surface area contributed by atoms with Gasteiger partial charge in [-0.05, 0) is 18.6 Å². The number of alkyl halides is 3. The van der Waals surface area contributed by atoms with Gasteiger partial charge in [-0.1, -0.05) is 18.2 Å². The molecular formula is C15H20F3NO5S. The lowest BCUT2D eigenvalue weighted by Gasteiger charge is -2.21. The van der Waals surface area contributed by atoms with Crippen molar-refractivity contribution in [3.8, 4) is 0 Å². The summed E-state index contributed by atoms with van der Waals surface area (Å²) in [5, 5.41) is 0. The van der Waals surface area contributed by atoms with Crippen LogP contribution in [0.3, 0.4) is 0 Å². The van der Waals surface area contributed by atoms with Crippen molar-refractivity contribution in [3.63, 3.8) is 0 Å². The molecule has 0 fully saturated rings. The lowest BCUT2D eigenvalue weighted by molar-refractivity contribution is -0.143. The van der Waals surface area contributed by atoms with Gasteiger partial charge in [-0.15, -0.1) is 0 Å². The fourth-order valence-corrected chi connectivity index (χ4v) is 3.44. The minimum absolute atomic E-state index is 0.0268. The van der Waals surface area contributed by atoms with E-state index in [-0.39, 0.29) is 25.3 Å². The summed E-state index contributed by atoms with van der Waals surface area (Å²) in [7, 11) is -2.68. The Morgan fingerprint density at radius 1 is 1.28 bits per heavy atom. The lowest BCUT2D eigenvalue weighted by atomic mass is 10.1. The van der Waals surface area contributed by atoms with E-state index in [9.17, 15) is 26.4 Å². The van der Waals surface area contributed by atoms with Crippen LogP contribution in [0, 0.1) is 0 Å². The number of methoxy groups -OCH3 is 1. The maximum Gasteiger partial charge on any atom is 0.416 e. The van der Waals surface area contributed by atoms with Gasteiger partial charge < -0.3 is 9.47 Å². The van der Waals surface area contributed by atoms with Crippen LogP contribution < -0.4 is 0 Å². The Kier molecular flexibility index (Phi) is 7.84. The summed E-state index contributed by atoms with van der Waals surface area (Å²) >= 11 is 0. The summed E-state index contributed by atoms with van der Waals surface area (Å²) in [5.41, 5.74) is -0.963. The Morgan fingerprint density at radius 2 is 1.96 bits per heavy atom. The number of carbonyl (C=O) groups is 1. The Hall–Kier alpha value is -1.65. The highest BCUT2D eigenvalue weighted by Crippen LogP contribution is 2.30. The molecule has 0 radical (unpaired) electrons. The van der Waals surface area contributed by atoms with Gasteiger partial charge in [-0.25, -0.2) is 8.42 Å². The normalized spacial score (nSPS) is 12.4. The molecule has 25 heavy (non-hydrogen) atoms. The zero-order valence-electron chi connectivity index (χ0n) is 13.9. The number of esters is 1. The largest absolute Gasteiger partial charge is 0.465 e. The second-order valence-corrected chi connectivity index (χ2v) is 7.05. The van der Waals surface area contributed by atoms with Crippen molar-refractivity contribution < 1.29 is 35.9 Å². The lowest BCUT2D eigenvalue weighted by Crippen LogP contribution is -2.39. The van der Waals surface area contributed by atoms with Crippen LogP contribution in [0.2, 0.25) is 0 Å². The highest BCUT2D eigenvalue weighted by atomic mass is 32.2. The summed E-state index contributed by atoms with van der Waals surface area (Å²) in [6.07, 6.45) is -4.57. The van der Waals surface area contributed by atoms with Crippen molar-refractivity contribution in [1.82, 2.24) is 4.31 Å². The second kappa shape index (κ2) is 9.16. The minimum Gasteiger partial charge on any atom is -0.465 e. The number of benzene rings is 1. The van der Waals surface area contributed by atoms with Crippen molar-refractivity contribution in [1.29, 1.82) is 0 Å². The molecule has 1 aromatic rings. The zero-order valence-corrected chi connectivity index (χ0v) is 14.7. The molecule has 0 N–H and O–H groups in total. The fraction of sp³-hybridized carbons (Fsp3) is 0.533. The monoisotopic (exact) mass is 383 g/mol. The molecular weight excluding hydrogens is 363 g/mol. The van der Waals surface area contributed by atoms with Crippen LogP contribution in [0.4, 0.5) is 13.2 Å². The summed E-state index contributed by atoms with van der Waals surface area (Å²) < 4.78 is 73.6. The van der Waals surface area contributed by atoms with E-state index >= 15 is 0 Å². The number of halogens is 3. The summed E-state index contributed by atoms with van der Waals surface area (Å²) in [4.78, 5) is 11.6. The van der Waals surface area contributed by atoms with E-state index in [1.54, 1.807) is 6.92 Å². The molecule has 0 aliphatic heterocycles. The molecule has 0 atom stereocenters. The highest BCUT2D eigenvalue weighted by Gasteiger charge is 2.31. The SMILES string of the molecule is CCOC(=O)CN(CCOC)S(=O)(=O)Cc1cccc(C(F)(F)F)c1. The van der Waals surface area contributed by atoms with Gasteiger partial charge >= 0.3 is 12.1 Å². The van der Waals surface area contributed by atoms with Crippen LogP contribution in [0.5, 0.6) is 0 Å². The first-order valence-corrected chi connectivity index (χ1v) is 8.99. The number of ether oxygens (including phenoxy) is 2. The van der Waals surface area contributed by atoms with Gasteiger partial charge in [-0.3, -0.25) is 4.79 Å². The van der Waals surface area contributed by atoms with Crippen molar-refractivity contribution in [2.75, 3.05) is 33.4 Å². The maximum atomic E-state index is 12.7. The van der Waals surface area contributed by atoms with Gasteiger partial charge in [0, 0.05) is 13.7 Å². The fourth-order valence-electron chi connectivity index (χ4n) is 2.00. The molecule has 0 heterocycles. The van der Waals surface area contributed by atoms with E-state index in [0.29, 0.717) is 0 Å². The molecule has 0 unspecified atom stereocenters.